The zero-order valence-electron chi connectivity index (χ0n) is 12.6. The third kappa shape index (κ3) is 3.54. The summed E-state index contributed by atoms with van der Waals surface area (Å²) in [4.78, 5) is 27.1. The maximum Gasteiger partial charge on any atom is 0.320 e. The van der Waals surface area contributed by atoms with Gasteiger partial charge in [0.2, 0.25) is 0 Å². The first kappa shape index (κ1) is 15.4. The van der Waals surface area contributed by atoms with Crippen LogP contribution in [0.2, 0.25) is 0 Å². The van der Waals surface area contributed by atoms with E-state index in [0.717, 1.165) is 12.0 Å². The van der Waals surface area contributed by atoms with E-state index in [1.54, 1.807) is 23.8 Å². The summed E-state index contributed by atoms with van der Waals surface area (Å²) in [6, 6.07) is 9.66. The summed E-state index contributed by atoms with van der Waals surface area (Å²) >= 11 is 0. The van der Waals surface area contributed by atoms with Gasteiger partial charge in [-0.15, -0.1) is 0 Å². The van der Waals surface area contributed by atoms with E-state index in [9.17, 15) is 14.7 Å². The molecule has 0 aromatic heterocycles. The van der Waals surface area contributed by atoms with Crippen LogP contribution in [0.5, 0.6) is 0 Å². The zero-order chi connectivity index (χ0) is 15.5. The van der Waals surface area contributed by atoms with E-state index in [0.29, 0.717) is 19.5 Å². The van der Waals surface area contributed by atoms with Gasteiger partial charge in [-0.05, 0) is 25.3 Å². The average Bonchev–Trinajstić information content (AvgIpc) is 2.47. The Labute approximate surface area is 125 Å². The van der Waals surface area contributed by atoms with Crippen molar-refractivity contribution in [2.75, 3.05) is 20.1 Å². The molecule has 0 spiro atoms. The minimum atomic E-state index is -0.832. The van der Waals surface area contributed by atoms with Gasteiger partial charge in [-0.2, -0.15) is 0 Å². The lowest BCUT2D eigenvalue weighted by Crippen LogP contribution is -2.51. The Balaban J connectivity index is 2.00. The highest BCUT2D eigenvalue weighted by atomic mass is 16.4. The number of urea groups is 1. The first-order valence-electron chi connectivity index (χ1n) is 7.20. The van der Waals surface area contributed by atoms with Crippen molar-refractivity contribution < 1.29 is 14.7 Å². The van der Waals surface area contributed by atoms with Crippen LogP contribution in [0.25, 0.3) is 0 Å². The Kier molecular flexibility index (Phi) is 4.50. The van der Waals surface area contributed by atoms with E-state index < -0.39 is 11.4 Å². The highest BCUT2D eigenvalue weighted by molar-refractivity contribution is 5.78. The van der Waals surface area contributed by atoms with Crippen LogP contribution in [0.15, 0.2) is 30.3 Å². The lowest BCUT2D eigenvalue weighted by molar-refractivity contribution is -0.150. The molecule has 0 saturated carbocycles. The number of likely N-dealkylation sites (tertiary alicyclic amines) is 1. The Hall–Kier alpha value is -2.04. The molecular formula is C16H22N2O3. The molecule has 1 fully saturated rings. The molecule has 1 aromatic carbocycles. The van der Waals surface area contributed by atoms with Crippen molar-refractivity contribution in [2.24, 2.45) is 5.41 Å². The highest BCUT2D eigenvalue weighted by Gasteiger charge is 2.39. The van der Waals surface area contributed by atoms with Gasteiger partial charge in [0.1, 0.15) is 0 Å². The summed E-state index contributed by atoms with van der Waals surface area (Å²) < 4.78 is 0. The number of carbonyl (C=O) groups is 2. The minimum absolute atomic E-state index is 0.106. The Bertz CT molecular complexity index is 518. The molecule has 0 radical (unpaired) electrons. The molecule has 2 rings (SSSR count). The van der Waals surface area contributed by atoms with Gasteiger partial charge < -0.3 is 14.9 Å². The summed E-state index contributed by atoms with van der Waals surface area (Å²) in [5.74, 6) is -0.828. The van der Waals surface area contributed by atoms with Crippen LogP contribution in [-0.2, 0) is 11.3 Å². The summed E-state index contributed by atoms with van der Waals surface area (Å²) in [7, 11) is 1.75. The quantitative estimate of drug-likeness (QED) is 0.930. The third-order valence-electron chi connectivity index (χ3n) is 4.07. The van der Waals surface area contributed by atoms with Gasteiger partial charge in [-0.25, -0.2) is 4.79 Å². The van der Waals surface area contributed by atoms with Crippen LogP contribution in [0.4, 0.5) is 4.79 Å². The van der Waals surface area contributed by atoms with E-state index in [1.807, 2.05) is 30.3 Å². The van der Waals surface area contributed by atoms with Crippen molar-refractivity contribution in [3.05, 3.63) is 35.9 Å². The fourth-order valence-corrected chi connectivity index (χ4v) is 2.74. The number of benzene rings is 1. The van der Waals surface area contributed by atoms with Crippen LogP contribution < -0.4 is 0 Å². The molecule has 5 nitrogen and oxygen atoms in total. The number of carboxylic acid groups (broad SMARTS) is 1. The van der Waals surface area contributed by atoms with Crippen LogP contribution in [0, 0.1) is 5.41 Å². The number of amides is 2. The van der Waals surface area contributed by atoms with E-state index in [-0.39, 0.29) is 12.6 Å². The largest absolute Gasteiger partial charge is 0.481 e. The van der Waals surface area contributed by atoms with E-state index in [1.165, 1.54) is 0 Å². The first-order valence-corrected chi connectivity index (χ1v) is 7.20. The molecule has 2 amide bonds. The highest BCUT2D eigenvalue weighted by Crippen LogP contribution is 2.30. The molecular weight excluding hydrogens is 268 g/mol. The number of nitrogens with zero attached hydrogens (tertiary/aromatic N) is 2. The smallest absolute Gasteiger partial charge is 0.320 e. The molecule has 5 heteroatoms. The molecule has 1 N–H and O–H groups in total. The van der Waals surface area contributed by atoms with Crippen molar-refractivity contribution >= 4 is 12.0 Å². The Morgan fingerprint density at radius 2 is 2.00 bits per heavy atom. The summed E-state index contributed by atoms with van der Waals surface area (Å²) in [6.07, 6.45) is 1.35. The molecule has 1 unspecified atom stereocenters. The summed E-state index contributed by atoms with van der Waals surface area (Å²) in [5.41, 5.74) is 0.230. The normalized spacial score (nSPS) is 21.9. The predicted molar refractivity (Wildman–Crippen MR) is 79.9 cm³/mol. The van der Waals surface area contributed by atoms with Crippen molar-refractivity contribution in [3.63, 3.8) is 0 Å². The van der Waals surface area contributed by atoms with Crippen LogP contribution >= 0.6 is 0 Å². The predicted octanol–water partition coefficient (Wildman–Crippen LogP) is 2.43. The molecule has 1 aliphatic heterocycles. The third-order valence-corrected chi connectivity index (χ3v) is 4.07. The molecule has 1 heterocycles. The molecule has 0 aliphatic carbocycles. The van der Waals surface area contributed by atoms with E-state index in [4.69, 9.17) is 0 Å². The van der Waals surface area contributed by atoms with Gasteiger partial charge in [-0.3, -0.25) is 4.79 Å². The van der Waals surface area contributed by atoms with Crippen LogP contribution in [0.1, 0.15) is 25.3 Å². The Morgan fingerprint density at radius 3 is 2.62 bits per heavy atom. The SMILES string of the molecule is CN(Cc1ccccc1)C(=O)N1CCCC(C)(C(=O)O)C1. The topological polar surface area (TPSA) is 60.9 Å². The number of rotatable bonds is 3. The number of hydrogen-bond acceptors (Lipinski definition) is 2. The average molecular weight is 290 g/mol. The Morgan fingerprint density at radius 1 is 1.33 bits per heavy atom. The molecule has 1 aliphatic rings. The molecule has 1 atom stereocenters. The van der Waals surface area contributed by atoms with Crippen LogP contribution in [0.3, 0.4) is 0 Å². The number of aliphatic carboxylic acids is 1. The molecule has 21 heavy (non-hydrogen) atoms. The monoisotopic (exact) mass is 290 g/mol. The van der Waals surface area contributed by atoms with Gasteiger partial charge in [0.05, 0.1) is 5.41 Å². The van der Waals surface area contributed by atoms with E-state index >= 15 is 0 Å². The summed E-state index contributed by atoms with van der Waals surface area (Å²) in [5, 5.41) is 9.32. The van der Waals surface area contributed by atoms with E-state index in [2.05, 4.69) is 0 Å². The fourth-order valence-electron chi connectivity index (χ4n) is 2.74. The zero-order valence-corrected chi connectivity index (χ0v) is 12.6. The van der Waals surface area contributed by atoms with Gasteiger partial charge in [0.15, 0.2) is 0 Å². The van der Waals surface area contributed by atoms with Gasteiger partial charge in [-0.1, -0.05) is 30.3 Å². The maximum absolute atomic E-state index is 12.5. The lowest BCUT2D eigenvalue weighted by atomic mass is 9.82. The van der Waals surface area contributed by atoms with Crippen molar-refractivity contribution in [2.45, 2.75) is 26.3 Å². The molecule has 0 bridgehead atoms. The summed E-state index contributed by atoms with van der Waals surface area (Å²) in [6.45, 7) is 3.15. The minimum Gasteiger partial charge on any atom is -0.481 e. The second-order valence-electron chi connectivity index (χ2n) is 6.02. The first-order chi connectivity index (χ1) is 9.92. The molecule has 1 saturated heterocycles. The maximum atomic E-state index is 12.5. The van der Waals surface area contributed by atoms with Gasteiger partial charge in [0.25, 0.3) is 0 Å². The van der Waals surface area contributed by atoms with Crippen molar-refractivity contribution in [1.82, 2.24) is 9.80 Å². The second kappa shape index (κ2) is 6.16. The lowest BCUT2D eigenvalue weighted by Gasteiger charge is -2.39. The van der Waals surface area contributed by atoms with Crippen molar-refractivity contribution in [3.8, 4) is 0 Å². The number of hydrogen-bond donors (Lipinski definition) is 1. The van der Waals surface area contributed by atoms with Crippen LogP contribution in [-0.4, -0.2) is 47.0 Å². The van der Waals surface area contributed by atoms with Gasteiger partial charge >= 0.3 is 12.0 Å². The second-order valence-corrected chi connectivity index (χ2v) is 6.02. The standard InChI is InChI=1S/C16H22N2O3/c1-16(14(19)20)9-6-10-18(12-16)15(21)17(2)11-13-7-4-3-5-8-13/h3-5,7-8H,6,9-12H2,1-2H3,(H,19,20). The fraction of sp³-hybridized carbons (Fsp3) is 0.500. The number of carbonyl (C=O) groups excluding carboxylic acids is 1. The van der Waals surface area contributed by atoms with Crippen molar-refractivity contribution in [1.29, 1.82) is 0 Å². The number of piperidine rings is 1. The number of carboxylic acids is 1. The molecule has 114 valence electrons. The molecule has 1 aromatic rings. The van der Waals surface area contributed by atoms with Gasteiger partial charge in [0, 0.05) is 26.7 Å².